The third-order valence-electron chi connectivity index (χ3n) is 5.50. The Morgan fingerprint density at radius 1 is 1.29 bits per heavy atom. The molecule has 2 N–H and O–H groups in total. The molecule has 1 amide bonds. The molecule has 1 aromatic heterocycles. The summed E-state index contributed by atoms with van der Waals surface area (Å²) in [4.78, 5) is 17.1. The lowest BCUT2D eigenvalue weighted by Gasteiger charge is -2.28. The number of rotatable bonds is 7. The Labute approximate surface area is 180 Å². The van der Waals surface area contributed by atoms with E-state index in [4.69, 9.17) is 4.98 Å². The number of imidazole rings is 1. The average Bonchev–Trinajstić information content (AvgIpc) is 3.00. The van der Waals surface area contributed by atoms with Gasteiger partial charge in [-0.05, 0) is 63.7 Å². The first-order valence-corrected chi connectivity index (χ1v) is 9.99. The summed E-state index contributed by atoms with van der Waals surface area (Å²) in [6.07, 6.45) is 3.84. The van der Waals surface area contributed by atoms with Crippen LogP contribution in [0.4, 0.5) is 0 Å². The first-order chi connectivity index (χ1) is 12.6. The third kappa shape index (κ3) is 6.10. The molecule has 0 spiro atoms. The maximum atomic E-state index is 12.3. The number of carbonyl (C=O) groups is 1. The summed E-state index contributed by atoms with van der Waals surface area (Å²) in [6.45, 7) is 9.37. The van der Waals surface area contributed by atoms with Crippen molar-refractivity contribution in [1.82, 2.24) is 20.2 Å². The molecule has 158 valence electrons. The first-order valence-electron chi connectivity index (χ1n) is 9.99. The van der Waals surface area contributed by atoms with Crippen molar-refractivity contribution >= 4 is 41.8 Å². The van der Waals surface area contributed by atoms with Crippen molar-refractivity contribution in [2.24, 2.45) is 11.8 Å². The van der Waals surface area contributed by atoms with Crippen LogP contribution in [0.1, 0.15) is 51.9 Å². The fourth-order valence-electron chi connectivity index (χ4n) is 4.06. The molecule has 1 aromatic carbocycles. The second-order valence-corrected chi connectivity index (χ2v) is 7.87. The highest BCUT2D eigenvalue weighted by atomic mass is 35.5. The van der Waals surface area contributed by atoms with Crippen LogP contribution >= 0.6 is 24.8 Å². The van der Waals surface area contributed by atoms with Gasteiger partial charge < -0.3 is 15.2 Å². The third-order valence-corrected chi connectivity index (χ3v) is 5.50. The molecule has 7 heteroatoms. The van der Waals surface area contributed by atoms with Gasteiger partial charge in [-0.2, -0.15) is 0 Å². The van der Waals surface area contributed by atoms with Crippen LogP contribution in [0.15, 0.2) is 24.3 Å². The number of nitrogens with zero attached hydrogens (tertiary/aromatic N) is 2. The van der Waals surface area contributed by atoms with E-state index < -0.39 is 0 Å². The number of hydrogen-bond acceptors (Lipinski definition) is 3. The van der Waals surface area contributed by atoms with Gasteiger partial charge in [-0.15, -0.1) is 24.8 Å². The summed E-state index contributed by atoms with van der Waals surface area (Å²) in [5.74, 6) is 2.27. The molecule has 2 unspecified atom stereocenters. The van der Waals surface area contributed by atoms with E-state index >= 15 is 0 Å². The van der Waals surface area contributed by atoms with Gasteiger partial charge >= 0.3 is 0 Å². The highest BCUT2D eigenvalue weighted by Crippen LogP contribution is 2.23. The molecule has 2 aromatic rings. The Morgan fingerprint density at radius 2 is 2.04 bits per heavy atom. The van der Waals surface area contributed by atoms with Gasteiger partial charge in [-0.25, -0.2) is 4.98 Å². The zero-order chi connectivity index (χ0) is 18.5. The van der Waals surface area contributed by atoms with Crippen LogP contribution in [0, 0.1) is 11.8 Å². The van der Waals surface area contributed by atoms with Crippen LogP contribution in [0.25, 0.3) is 11.0 Å². The Hall–Kier alpha value is -1.30. The maximum Gasteiger partial charge on any atom is 0.220 e. The van der Waals surface area contributed by atoms with Crippen molar-refractivity contribution in [3.05, 3.63) is 30.1 Å². The first kappa shape index (κ1) is 24.7. The van der Waals surface area contributed by atoms with Gasteiger partial charge in [-0.1, -0.05) is 19.1 Å². The fourth-order valence-corrected chi connectivity index (χ4v) is 4.06. The molecule has 1 fully saturated rings. The minimum atomic E-state index is 0. The number of halogens is 2. The molecule has 1 saturated heterocycles. The number of para-hydroxylation sites is 2. The molecule has 0 radical (unpaired) electrons. The van der Waals surface area contributed by atoms with Gasteiger partial charge in [-0.3, -0.25) is 4.79 Å². The van der Waals surface area contributed by atoms with Crippen molar-refractivity contribution in [3.8, 4) is 0 Å². The van der Waals surface area contributed by atoms with E-state index in [0.29, 0.717) is 30.8 Å². The number of aromatic nitrogens is 2. The lowest BCUT2D eigenvalue weighted by molar-refractivity contribution is -0.122. The molecule has 0 aliphatic carbocycles. The minimum Gasteiger partial charge on any atom is -0.356 e. The molecule has 0 saturated carbocycles. The van der Waals surface area contributed by atoms with Crippen LogP contribution in [0.3, 0.4) is 0 Å². The summed E-state index contributed by atoms with van der Waals surface area (Å²) in [6, 6.07) is 8.59. The van der Waals surface area contributed by atoms with E-state index in [0.717, 1.165) is 30.9 Å². The van der Waals surface area contributed by atoms with Crippen molar-refractivity contribution in [3.63, 3.8) is 0 Å². The topological polar surface area (TPSA) is 59.0 Å². The van der Waals surface area contributed by atoms with Crippen molar-refractivity contribution in [2.75, 3.05) is 19.6 Å². The quantitative estimate of drug-likeness (QED) is 0.696. The summed E-state index contributed by atoms with van der Waals surface area (Å²) >= 11 is 0. The SMILES string of the molecule is CC(CC(=O)NCCc1nc2ccccc2n1C(C)C)C1CCCNC1.Cl.Cl. The number of hydrogen-bond donors (Lipinski definition) is 2. The Kier molecular flexibility index (Phi) is 10.3. The van der Waals surface area contributed by atoms with E-state index in [1.165, 1.54) is 18.4 Å². The molecule has 1 aliphatic heterocycles. The highest BCUT2D eigenvalue weighted by molar-refractivity contribution is 5.85. The zero-order valence-corrected chi connectivity index (χ0v) is 18.7. The summed E-state index contributed by atoms with van der Waals surface area (Å²) in [7, 11) is 0. The predicted molar refractivity (Wildman–Crippen MR) is 121 cm³/mol. The van der Waals surface area contributed by atoms with Crippen LogP contribution < -0.4 is 10.6 Å². The second-order valence-electron chi connectivity index (χ2n) is 7.87. The molecule has 1 aliphatic rings. The summed E-state index contributed by atoms with van der Waals surface area (Å²) in [5, 5.41) is 6.54. The van der Waals surface area contributed by atoms with Crippen LogP contribution in [-0.4, -0.2) is 35.1 Å². The van der Waals surface area contributed by atoms with E-state index in [1.807, 2.05) is 6.07 Å². The zero-order valence-electron chi connectivity index (χ0n) is 17.1. The van der Waals surface area contributed by atoms with E-state index in [2.05, 4.69) is 54.2 Å². The van der Waals surface area contributed by atoms with Crippen molar-refractivity contribution in [1.29, 1.82) is 0 Å². The lowest BCUT2D eigenvalue weighted by Crippen LogP contribution is -2.36. The Balaban J connectivity index is 0.00000196. The number of piperidine rings is 1. The highest BCUT2D eigenvalue weighted by Gasteiger charge is 2.22. The number of carbonyl (C=O) groups excluding carboxylic acids is 1. The molecular formula is C21H34Cl2N4O. The smallest absolute Gasteiger partial charge is 0.220 e. The fraction of sp³-hybridized carbons (Fsp3) is 0.619. The van der Waals surface area contributed by atoms with Crippen molar-refractivity contribution < 1.29 is 4.79 Å². The number of amides is 1. The monoisotopic (exact) mass is 428 g/mol. The van der Waals surface area contributed by atoms with Crippen LogP contribution in [-0.2, 0) is 11.2 Å². The van der Waals surface area contributed by atoms with Gasteiger partial charge in [0.1, 0.15) is 5.82 Å². The number of benzene rings is 1. The predicted octanol–water partition coefficient (Wildman–Crippen LogP) is 4.15. The number of nitrogens with one attached hydrogen (secondary N) is 2. The average molecular weight is 429 g/mol. The van der Waals surface area contributed by atoms with Crippen LogP contribution in [0.2, 0.25) is 0 Å². The Bertz CT molecular complexity index is 741. The number of fused-ring (bicyclic) bond motifs is 1. The van der Waals surface area contributed by atoms with E-state index in [9.17, 15) is 4.79 Å². The van der Waals surface area contributed by atoms with Gasteiger partial charge in [0.2, 0.25) is 5.91 Å². The van der Waals surface area contributed by atoms with E-state index in [1.54, 1.807) is 0 Å². The summed E-state index contributed by atoms with van der Waals surface area (Å²) in [5.41, 5.74) is 2.20. The van der Waals surface area contributed by atoms with Gasteiger partial charge in [0.15, 0.2) is 0 Å². The minimum absolute atomic E-state index is 0. The van der Waals surface area contributed by atoms with Crippen LogP contribution in [0.5, 0.6) is 0 Å². The summed E-state index contributed by atoms with van der Waals surface area (Å²) < 4.78 is 2.28. The van der Waals surface area contributed by atoms with Gasteiger partial charge in [0, 0.05) is 25.4 Å². The van der Waals surface area contributed by atoms with E-state index in [-0.39, 0.29) is 30.7 Å². The molecule has 2 heterocycles. The normalized spacial score (nSPS) is 17.6. The second kappa shape index (κ2) is 11.6. The van der Waals surface area contributed by atoms with Crippen molar-refractivity contribution in [2.45, 2.75) is 52.5 Å². The molecule has 0 bridgehead atoms. The Morgan fingerprint density at radius 3 is 2.71 bits per heavy atom. The maximum absolute atomic E-state index is 12.3. The van der Waals surface area contributed by atoms with Gasteiger partial charge in [0.25, 0.3) is 0 Å². The standard InChI is InChI=1S/C21H32N4O.2ClH/c1-15(2)25-19-9-5-4-8-18(19)24-20(25)10-12-23-21(26)13-16(3)17-7-6-11-22-14-17;;/h4-5,8-9,15-17,22H,6-7,10-14H2,1-3H3,(H,23,26);2*1H. The lowest BCUT2D eigenvalue weighted by atomic mass is 9.85. The van der Waals surface area contributed by atoms with Gasteiger partial charge in [0.05, 0.1) is 11.0 Å². The largest absolute Gasteiger partial charge is 0.356 e. The molecule has 3 rings (SSSR count). The molecular weight excluding hydrogens is 395 g/mol. The molecule has 5 nitrogen and oxygen atoms in total. The molecule has 2 atom stereocenters. The molecule has 28 heavy (non-hydrogen) atoms.